The van der Waals surface area contributed by atoms with E-state index in [1.165, 1.54) is 18.2 Å². The van der Waals surface area contributed by atoms with Crippen LogP contribution in [0.25, 0.3) is 16.9 Å². The Morgan fingerprint density at radius 1 is 1.15 bits per heavy atom. The average molecular weight is 394 g/mol. The predicted octanol–water partition coefficient (Wildman–Crippen LogP) is 4.60. The van der Waals surface area contributed by atoms with E-state index in [0.29, 0.717) is 22.9 Å². The van der Waals surface area contributed by atoms with Crippen LogP contribution < -0.4 is 10.1 Å². The maximum absolute atomic E-state index is 12.5. The summed E-state index contributed by atoms with van der Waals surface area (Å²) in [5, 5.41) is 8.02. The third-order valence-electron chi connectivity index (χ3n) is 4.30. The zero-order valence-corrected chi connectivity index (χ0v) is 15.1. The molecule has 0 spiro atoms. The molecule has 1 aromatic carbocycles. The average Bonchev–Trinajstić information content (AvgIpc) is 3.05. The summed E-state index contributed by atoms with van der Waals surface area (Å²) in [6, 6.07) is 9.90. The number of hydrogen-bond acceptors (Lipinski definition) is 5. The van der Waals surface area contributed by atoms with E-state index in [1.807, 2.05) is 23.9 Å². The van der Waals surface area contributed by atoms with E-state index in [9.17, 15) is 13.2 Å². The van der Waals surface area contributed by atoms with Gasteiger partial charge in [-0.3, -0.25) is 0 Å². The quantitative estimate of drug-likeness (QED) is 0.701. The van der Waals surface area contributed by atoms with E-state index in [1.54, 1.807) is 16.8 Å². The first-order chi connectivity index (χ1) is 13.0. The fourth-order valence-electron chi connectivity index (χ4n) is 3.05. The normalized spacial score (nSPS) is 15.8. The molecule has 5 nitrogen and oxygen atoms in total. The third kappa shape index (κ3) is 4.29. The SMILES string of the molecule is FC(F)(F)Oc1cccc(-c2cnc3ccc(NC4CCSCC4)nn23)c1. The van der Waals surface area contributed by atoms with Crippen molar-refractivity contribution < 1.29 is 17.9 Å². The van der Waals surface area contributed by atoms with Gasteiger partial charge in [0, 0.05) is 11.6 Å². The number of ether oxygens (including phenoxy) is 1. The molecule has 142 valence electrons. The number of rotatable bonds is 4. The van der Waals surface area contributed by atoms with Crippen LogP contribution in [0.5, 0.6) is 5.75 Å². The fourth-order valence-corrected chi connectivity index (χ4v) is 4.16. The second kappa shape index (κ2) is 7.30. The first kappa shape index (κ1) is 18.0. The van der Waals surface area contributed by atoms with Crippen LogP contribution in [0, 0.1) is 0 Å². The molecule has 0 aliphatic carbocycles. The number of nitrogens with zero attached hydrogens (tertiary/aromatic N) is 3. The highest BCUT2D eigenvalue weighted by Crippen LogP contribution is 2.28. The summed E-state index contributed by atoms with van der Waals surface area (Å²) in [4.78, 5) is 4.29. The molecule has 9 heteroatoms. The lowest BCUT2D eigenvalue weighted by atomic mass is 10.1. The topological polar surface area (TPSA) is 51.5 Å². The Labute approximate surface area is 157 Å². The van der Waals surface area contributed by atoms with Gasteiger partial charge in [-0.15, -0.1) is 18.3 Å². The minimum Gasteiger partial charge on any atom is -0.406 e. The molecule has 4 rings (SSSR count). The molecule has 0 amide bonds. The van der Waals surface area contributed by atoms with Crippen molar-refractivity contribution in [1.29, 1.82) is 0 Å². The number of alkyl halides is 3. The fraction of sp³-hybridized carbons (Fsp3) is 0.333. The lowest BCUT2D eigenvalue weighted by Crippen LogP contribution is -2.25. The molecule has 1 N–H and O–H groups in total. The monoisotopic (exact) mass is 394 g/mol. The van der Waals surface area contributed by atoms with Crippen molar-refractivity contribution in [2.24, 2.45) is 0 Å². The summed E-state index contributed by atoms with van der Waals surface area (Å²) in [6.45, 7) is 0. The molecule has 0 unspecified atom stereocenters. The Kier molecular flexibility index (Phi) is 4.86. The van der Waals surface area contributed by atoms with Crippen molar-refractivity contribution in [3.63, 3.8) is 0 Å². The molecule has 3 aromatic rings. The van der Waals surface area contributed by atoms with Crippen molar-refractivity contribution in [3.8, 4) is 17.0 Å². The first-order valence-corrected chi connectivity index (χ1v) is 9.69. The Hall–Kier alpha value is -2.42. The maximum Gasteiger partial charge on any atom is 0.573 e. The number of imidazole rings is 1. The van der Waals surface area contributed by atoms with Gasteiger partial charge in [-0.25, -0.2) is 9.50 Å². The van der Waals surface area contributed by atoms with Gasteiger partial charge < -0.3 is 10.1 Å². The number of nitrogens with one attached hydrogen (secondary N) is 1. The molecule has 1 aliphatic rings. The Morgan fingerprint density at radius 2 is 1.96 bits per heavy atom. The smallest absolute Gasteiger partial charge is 0.406 e. The van der Waals surface area contributed by atoms with Crippen molar-refractivity contribution in [1.82, 2.24) is 14.6 Å². The van der Waals surface area contributed by atoms with Crippen LogP contribution in [-0.4, -0.2) is 38.5 Å². The highest BCUT2D eigenvalue weighted by Gasteiger charge is 2.31. The van der Waals surface area contributed by atoms with Crippen molar-refractivity contribution in [2.45, 2.75) is 25.2 Å². The molecule has 27 heavy (non-hydrogen) atoms. The molecule has 0 saturated carbocycles. The van der Waals surface area contributed by atoms with Gasteiger partial charge in [-0.05, 0) is 48.6 Å². The van der Waals surface area contributed by atoms with Crippen molar-refractivity contribution >= 4 is 23.2 Å². The van der Waals surface area contributed by atoms with Crippen LogP contribution in [-0.2, 0) is 0 Å². The van der Waals surface area contributed by atoms with Gasteiger partial charge >= 0.3 is 6.36 Å². The zero-order chi connectivity index (χ0) is 18.9. The van der Waals surface area contributed by atoms with E-state index in [4.69, 9.17) is 0 Å². The second-order valence-electron chi connectivity index (χ2n) is 6.24. The number of halogens is 3. The highest BCUT2D eigenvalue weighted by atomic mass is 32.2. The Bertz CT molecular complexity index is 938. The van der Waals surface area contributed by atoms with E-state index in [0.717, 1.165) is 30.2 Å². The van der Waals surface area contributed by atoms with Crippen LogP contribution in [0.1, 0.15) is 12.8 Å². The molecule has 1 saturated heterocycles. The third-order valence-corrected chi connectivity index (χ3v) is 5.35. The van der Waals surface area contributed by atoms with E-state index < -0.39 is 6.36 Å². The molecule has 0 bridgehead atoms. The summed E-state index contributed by atoms with van der Waals surface area (Å²) >= 11 is 1.95. The molecule has 0 radical (unpaired) electrons. The molecule has 2 aromatic heterocycles. The van der Waals surface area contributed by atoms with Crippen LogP contribution in [0.3, 0.4) is 0 Å². The summed E-state index contributed by atoms with van der Waals surface area (Å²) in [5.74, 6) is 2.70. The molecule has 0 atom stereocenters. The summed E-state index contributed by atoms with van der Waals surface area (Å²) in [6.07, 6.45) is -0.974. The van der Waals surface area contributed by atoms with Gasteiger partial charge in [0.05, 0.1) is 11.9 Å². The minimum absolute atomic E-state index is 0.274. The number of thioether (sulfide) groups is 1. The predicted molar refractivity (Wildman–Crippen MR) is 99.1 cm³/mol. The number of benzene rings is 1. The molecule has 1 aliphatic heterocycles. The van der Waals surface area contributed by atoms with Gasteiger partial charge in [-0.2, -0.15) is 11.8 Å². The zero-order valence-electron chi connectivity index (χ0n) is 14.2. The van der Waals surface area contributed by atoms with Crippen LogP contribution in [0.15, 0.2) is 42.6 Å². The summed E-state index contributed by atoms with van der Waals surface area (Å²) in [7, 11) is 0. The van der Waals surface area contributed by atoms with Crippen molar-refractivity contribution in [2.75, 3.05) is 16.8 Å². The van der Waals surface area contributed by atoms with Crippen LogP contribution >= 0.6 is 11.8 Å². The largest absolute Gasteiger partial charge is 0.573 e. The van der Waals surface area contributed by atoms with Gasteiger partial charge in [0.25, 0.3) is 0 Å². The maximum atomic E-state index is 12.5. The molecular weight excluding hydrogens is 377 g/mol. The highest BCUT2D eigenvalue weighted by molar-refractivity contribution is 7.99. The number of anilines is 1. The summed E-state index contributed by atoms with van der Waals surface area (Å²) < 4.78 is 43.1. The summed E-state index contributed by atoms with van der Waals surface area (Å²) in [5.41, 5.74) is 1.76. The minimum atomic E-state index is -4.73. The van der Waals surface area contributed by atoms with Crippen LogP contribution in [0.2, 0.25) is 0 Å². The number of fused-ring (bicyclic) bond motifs is 1. The lowest BCUT2D eigenvalue weighted by Gasteiger charge is -2.22. The molecule has 1 fully saturated rings. The van der Waals surface area contributed by atoms with Crippen LogP contribution in [0.4, 0.5) is 19.0 Å². The van der Waals surface area contributed by atoms with Gasteiger partial charge in [0.15, 0.2) is 5.65 Å². The molecular formula is C18H17F3N4OS. The van der Waals surface area contributed by atoms with E-state index in [2.05, 4.69) is 20.1 Å². The molecule has 3 heterocycles. The van der Waals surface area contributed by atoms with Gasteiger partial charge in [0.1, 0.15) is 11.6 Å². The van der Waals surface area contributed by atoms with Gasteiger partial charge in [0.2, 0.25) is 0 Å². The lowest BCUT2D eigenvalue weighted by molar-refractivity contribution is -0.274. The van der Waals surface area contributed by atoms with Gasteiger partial charge in [-0.1, -0.05) is 12.1 Å². The van der Waals surface area contributed by atoms with E-state index >= 15 is 0 Å². The Balaban J connectivity index is 1.64. The standard InChI is InChI=1S/C18H17F3N4OS/c19-18(20,21)26-14-3-1-2-12(10-14)15-11-22-17-5-4-16(24-25(15)17)23-13-6-8-27-9-7-13/h1-5,10-11,13H,6-9H2,(H,23,24). The second-order valence-corrected chi connectivity index (χ2v) is 7.46. The van der Waals surface area contributed by atoms with E-state index in [-0.39, 0.29) is 5.75 Å². The Morgan fingerprint density at radius 3 is 2.74 bits per heavy atom. The first-order valence-electron chi connectivity index (χ1n) is 8.53. The number of hydrogen-bond donors (Lipinski definition) is 1. The van der Waals surface area contributed by atoms with Crippen molar-refractivity contribution in [3.05, 3.63) is 42.6 Å². The number of aromatic nitrogens is 3.